The lowest BCUT2D eigenvalue weighted by Crippen LogP contribution is -2.53. The number of rotatable bonds is 7. The van der Waals surface area contributed by atoms with Crippen LogP contribution in [-0.2, 0) is 24.6 Å². The number of carboxylic acids is 1. The monoisotopic (exact) mass is 751 g/mol. The Hall–Kier alpha value is -5.65. The second kappa shape index (κ2) is 12.8. The number of nitrogens with one attached hydrogen (secondary N) is 1. The Labute approximate surface area is 313 Å². The standard InChI is InChI=1S/C40H31Cl2N3O8/c1-53-24-12-9-21(10-13-24)40-29(36(48)45(39(40)52)43-31-16-11-22(41)18-30(31)42)19-28-25(34(40)26-7-2-3-8-32(26)46)14-15-27-33(28)37(49)44(35(27)47)23-6-4-5-20(17-23)38(50)51/h2-14,16-18,27-29,33-34,43,46H,15,19H2,1H3,(H,50,51)/t27-,28+,29-,33-,34+,40+/m0/s1. The highest BCUT2D eigenvalue weighted by Gasteiger charge is 2.70. The lowest BCUT2D eigenvalue weighted by Gasteiger charge is -2.50. The normalized spacial score (nSPS) is 26.2. The zero-order valence-electron chi connectivity index (χ0n) is 28.0. The number of halogens is 2. The van der Waals surface area contributed by atoms with E-state index in [9.17, 15) is 29.4 Å². The molecule has 3 N–H and O–H groups in total. The van der Waals surface area contributed by atoms with Crippen molar-refractivity contribution >= 4 is 64.2 Å². The minimum Gasteiger partial charge on any atom is -0.508 e. The fraction of sp³-hybridized carbons (Fsp3) is 0.225. The molecular weight excluding hydrogens is 721 g/mol. The van der Waals surface area contributed by atoms with Gasteiger partial charge in [-0.15, -0.1) is 0 Å². The van der Waals surface area contributed by atoms with Crippen molar-refractivity contribution in [1.82, 2.24) is 5.01 Å². The zero-order valence-corrected chi connectivity index (χ0v) is 29.5. The number of amides is 4. The molecule has 4 aromatic carbocycles. The molecule has 3 fully saturated rings. The number of para-hydroxylation sites is 1. The molecule has 53 heavy (non-hydrogen) atoms. The van der Waals surface area contributed by atoms with Gasteiger partial charge < -0.3 is 14.9 Å². The molecule has 1 saturated carbocycles. The van der Waals surface area contributed by atoms with Crippen molar-refractivity contribution in [2.45, 2.75) is 24.2 Å². The van der Waals surface area contributed by atoms with E-state index in [0.717, 1.165) is 9.91 Å². The van der Waals surface area contributed by atoms with Gasteiger partial charge in [-0.25, -0.2) is 4.79 Å². The summed E-state index contributed by atoms with van der Waals surface area (Å²) < 4.78 is 5.43. The van der Waals surface area contributed by atoms with Gasteiger partial charge in [-0.2, -0.15) is 5.01 Å². The predicted octanol–water partition coefficient (Wildman–Crippen LogP) is 6.60. The zero-order chi connectivity index (χ0) is 37.3. The van der Waals surface area contributed by atoms with E-state index in [1.807, 2.05) is 6.08 Å². The number of methoxy groups -OCH3 is 1. The molecule has 4 aromatic rings. The number of carbonyl (C=O) groups is 5. The van der Waals surface area contributed by atoms with E-state index in [2.05, 4.69) is 5.43 Å². The molecule has 2 aliphatic heterocycles. The van der Waals surface area contributed by atoms with E-state index in [0.29, 0.717) is 27.5 Å². The van der Waals surface area contributed by atoms with Crippen LogP contribution in [0.25, 0.3) is 0 Å². The van der Waals surface area contributed by atoms with Crippen LogP contribution in [0.5, 0.6) is 11.5 Å². The SMILES string of the molecule is COc1ccc([C@@]23C(=O)N(Nc4ccc(Cl)cc4Cl)C(=O)[C@@H]2C[C@@H]2C(=CC[C@@H]4C(=O)N(c5cccc(C(=O)O)c5)C(=O)[C@@H]42)[C@@H]3c2ccccc2O)cc1. The third kappa shape index (κ3) is 5.13. The first kappa shape index (κ1) is 34.4. The molecule has 2 heterocycles. The molecule has 4 amide bonds. The number of carboxylic acid groups (broad SMARTS) is 1. The Morgan fingerprint density at radius 2 is 1.64 bits per heavy atom. The number of ether oxygens (including phenoxy) is 1. The number of hydrogen-bond acceptors (Lipinski definition) is 8. The third-order valence-electron chi connectivity index (χ3n) is 11.2. The third-order valence-corrected chi connectivity index (χ3v) is 11.7. The molecule has 2 saturated heterocycles. The van der Waals surface area contributed by atoms with Crippen molar-refractivity contribution in [3.05, 3.63) is 129 Å². The van der Waals surface area contributed by atoms with E-state index >= 15 is 4.79 Å². The second-order valence-corrected chi connectivity index (χ2v) is 14.5. The number of aromatic hydroxyl groups is 1. The van der Waals surface area contributed by atoms with Crippen LogP contribution in [0.4, 0.5) is 11.4 Å². The number of phenolic OH excluding ortho intramolecular Hbond substituents is 1. The summed E-state index contributed by atoms with van der Waals surface area (Å²) in [5, 5.41) is 22.6. The summed E-state index contributed by atoms with van der Waals surface area (Å²) >= 11 is 12.7. The Morgan fingerprint density at radius 1 is 0.887 bits per heavy atom. The van der Waals surface area contributed by atoms with Gasteiger partial charge in [0.2, 0.25) is 11.8 Å². The van der Waals surface area contributed by atoms with Crippen LogP contribution < -0.4 is 15.1 Å². The summed E-state index contributed by atoms with van der Waals surface area (Å²) in [7, 11) is 1.52. The number of aromatic carboxylic acids is 1. The number of anilines is 2. The largest absolute Gasteiger partial charge is 0.508 e. The number of phenols is 1. The molecule has 268 valence electrons. The first-order chi connectivity index (χ1) is 25.5. The van der Waals surface area contributed by atoms with Gasteiger partial charge in [0.05, 0.1) is 52.2 Å². The average molecular weight is 753 g/mol. The molecular formula is C40H31Cl2N3O8. The van der Waals surface area contributed by atoms with E-state index in [1.165, 1.54) is 43.5 Å². The second-order valence-electron chi connectivity index (χ2n) is 13.6. The van der Waals surface area contributed by atoms with Crippen molar-refractivity contribution in [3.63, 3.8) is 0 Å². The van der Waals surface area contributed by atoms with E-state index in [4.69, 9.17) is 27.9 Å². The minimum atomic E-state index is -1.63. The fourth-order valence-corrected chi connectivity index (χ4v) is 9.40. The summed E-state index contributed by atoms with van der Waals surface area (Å²) in [6.07, 6.45) is 2.03. The Morgan fingerprint density at radius 3 is 2.34 bits per heavy atom. The smallest absolute Gasteiger partial charge is 0.335 e. The van der Waals surface area contributed by atoms with Gasteiger partial charge in [0.15, 0.2) is 0 Å². The maximum atomic E-state index is 15.3. The van der Waals surface area contributed by atoms with Crippen LogP contribution in [-0.4, -0.2) is 51.9 Å². The Bertz CT molecular complexity index is 2280. The lowest BCUT2D eigenvalue weighted by molar-refractivity contribution is -0.138. The molecule has 0 unspecified atom stereocenters. The van der Waals surface area contributed by atoms with Crippen LogP contribution in [0.1, 0.15) is 40.2 Å². The Balaban J connectivity index is 1.32. The summed E-state index contributed by atoms with van der Waals surface area (Å²) in [5.41, 5.74) is 3.13. The number of fused-ring (bicyclic) bond motifs is 4. The van der Waals surface area contributed by atoms with Crippen LogP contribution in [0, 0.1) is 23.7 Å². The van der Waals surface area contributed by atoms with Crippen molar-refractivity contribution < 1.29 is 38.9 Å². The van der Waals surface area contributed by atoms with Gasteiger partial charge in [0.1, 0.15) is 11.5 Å². The van der Waals surface area contributed by atoms with Gasteiger partial charge in [-0.3, -0.25) is 29.5 Å². The predicted molar refractivity (Wildman–Crippen MR) is 195 cm³/mol. The lowest BCUT2D eigenvalue weighted by atomic mass is 9.49. The van der Waals surface area contributed by atoms with Crippen molar-refractivity contribution in [2.75, 3.05) is 17.4 Å². The van der Waals surface area contributed by atoms with E-state index < -0.39 is 64.6 Å². The molecule has 0 spiro atoms. The highest BCUT2D eigenvalue weighted by molar-refractivity contribution is 6.36. The summed E-state index contributed by atoms with van der Waals surface area (Å²) in [4.78, 5) is 71.5. The van der Waals surface area contributed by atoms with Crippen LogP contribution >= 0.6 is 23.2 Å². The number of hydrazine groups is 1. The van der Waals surface area contributed by atoms with Crippen molar-refractivity contribution in [2.24, 2.45) is 23.7 Å². The maximum absolute atomic E-state index is 15.3. The molecule has 0 radical (unpaired) electrons. The minimum absolute atomic E-state index is 0.0161. The topological polar surface area (TPSA) is 154 Å². The van der Waals surface area contributed by atoms with Crippen LogP contribution in [0.2, 0.25) is 10.0 Å². The molecule has 8 rings (SSSR count). The number of hydrogen-bond donors (Lipinski definition) is 3. The molecule has 6 atom stereocenters. The first-order valence-corrected chi connectivity index (χ1v) is 17.7. The molecule has 2 aliphatic carbocycles. The van der Waals surface area contributed by atoms with Gasteiger partial charge in [0.25, 0.3) is 11.8 Å². The number of imide groups is 2. The van der Waals surface area contributed by atoms with Crippen LogP contribution in [0.3, 0.4) is 0 Å². The number of carbonyl (C=O) groups excluding carboxylic acids is 4. The highest BCUT2D eigenvalue weighted by Crippen LogP contribution is 2.65. The quantitative estimate of drug-likeness (QED) is 0.140. The van der Waals surface area contributed by atoms with Crippen molar-refractivity contribution in [3.8, 4) is 11.5 Å². The number of nitrogens with zero attached hydrogens (tertiary/aromatic N) is 2. The summed E-state index contributed by atoms with van der Waals surface area (Å²) in [6.45, 7) is 0. The summed E-state index contributed by atoms with van der Waals surface area (Å²) in [5.74, 6) is -7.43. The fourth-order valence-electron chi connectivity index (χ4n) is 8.95. The molecule has 0 bridgehead atoms. The van der Waals surface area contributed by atoms with Gasteiger partial charge in [0, 0.05) is 16.5 Å². The van der Waals surface area contributed by atoms with Crippen LogP contribution in [0.15, 0.2) is 103 Å². The molecule has 0 aromatic heterocycles. The molecule has 11 nitrogen and oxygen atoms in total. The van der Waals surface area contributed by atoms with E-state index in [1.54, 1.807) is 54.6 Å². The van der Waals surface area contributed by atoms with E-state index in [-0.39, 0.29) is 40.6 Å². The highest BCUT2D eigenvalue weighted by atomic mass is 35.5. The molecule has 4 aliphatic rings. The van der Waals surface area contributed by atoms with Crippen molar-refractivity contribution in [1.29, 1.82) is 0 Å². The average Bonchev–Trinajstić information content (AvgIpc) is 3.53. The maximum Gasteiger partial charge on any atom is 0.335 e. The first-order valence-electron chi connectivity index (χ1n) is 16.9. The van der Waals surface area contributed by atoms with Gasteiger partial charge >= 0.3 is 5.97 Å². The number of benzene rings is 4. The van der Waals surface area contributed by atoms with Gasteiger partial charge in [-0.1, -0.05) is 71.2 Å². The summed E-state index contributed by atoms with van der Waals surface area (Å²) in [6, 6.07) is 23.7. The van der Waals surface area contributed by atoms with Gasteiger partial charge in [-0.05, 0) is 78.9 Å². The Kier molecular flexibility index (Phi) is 8.31. The number of allylic oxidation sites excluding steroid dienone is 2. The molecule has 13 heteroatoms.